The third kappa shape index (κ3) is 3.42. The van der Waals surface area contributed by atoms with Crippen LogP contribution in [0.2, 0.25) is 0 Å². The van der Waals surface area contributed by atoms with Crippen LogP contribution in [0.1, 0.15) is 12.8 Å². The Balaban J connectivity index is 2.02. The van der Waals surface area contributed by atoms with E-state index >= 15 is 0 Å². The molecule has 2 rings (SSSR count). The third-order valence-electron chi connectivity index (χ3n) is 2.85. The molecular formula is C11H13BrFNO2S. The van der Waals surface area contributed by atoms with Crippen LogP contribution in [0.5, 0.6) is 0 Å². The van der Waals surface area contributed by atoms with E-state index in [4.69, 9.17) is 0 Å². The van der Waals surface area contributed by atoms with E-state index in [1.807, 2.05) is 0 Å². The number of benzene rings is 1. The smallest absolute Gasteiger partial charge is 0.150 e. The van der Waals surface area contributed by atoms with Crippen molar-refractivity contribution < 1.29 is 12.8 Å². The fourth-order valence-electron chi connectivity index (χ4n) is 1.86. The van der Waals surface area contributed by atoms with Gasteiger partial charge < -0.3 is 5.32 Å². The zero-order chi connectivity index (χ0) is 12.5. The number of nitrogens with one attached hydrogen (secondary N) is 1. The number of anilines is 1. The molecule has 0 spiro atoms. The topological polar surface area (TPSA) is 46.2 Å². The van der Waals surface area contributed by atoms with Crippen molar-refractivity contribution in [3.05, 3.63) is 28.5 Å². The van der Waals surface area contributed by atoms with Gasteiger partial charge in [0.1, 0.15) is 15.7 Å². The van der Waals surface area contributed by atoms with Gasteiger partial charge in [0.05, 0.1) is 11.5 Å². The van der Waals surface area contributed by atoms with Crippen molar-refractivity contribution in [2.24, 2.45) is 0 Å². The summed E-state index contributed by atoms with van der Waals surface area (Å²) in [7, 11) is -2.84. The summed E-state index contributed by atoms with van der Waals surface area (Å²) >= 11 is 3.28. The van der Waals surface area contributed by atoms with E-state index in [0.717, 1.165) is 5.69 Å². The molecule has 1 saturated heterocycles. The van der Waals surface area contributed by atoms with Crippen molar-refractivity contribution >= 4 is 31.5 Å². The van der Waals surface area contributed by atoms with Gasteiger partial charge in [-0.05, 0) is 47.0 Å². The molecule has 0 atom stereocenters. The van der Waals surface area contributed by atoms with Gasteiger partial charge in [0, 0.05) is 16.2 Å². The van der Waals surface area contributed by atoms with Crippen LogP contribution in [0.4, 0.5) is 10.1 Å². The number of halogens is 2. The standard InChI is InChI=1S/C11H13BrFNO2S/c12-10-7-8(13)1-2-11(10)14-9-3-5-17(15,16)6-4-9/h1-2,7,9,14H,3-6H2. The highest BCUT2D eigenvalue weighted by Gasteiger charge is 2.23. The maximum atomic E-state index is 12.9. The predicted octanol–water partition coefficient (Wildman–Crippen LogP) is 2.58. The van der Waals surface area contributed by atoms with Crippen LogP contribution in [0.25, 0.3) is 0 Å². The van der Waals surface area contributed by atoms with Crippen molar-refractivity contribution in [3.63, 3.8) is 0 Å². The quantitative estimate of drug-likeness (QED) is 0.910. The molecular weight excluding hydrogens is 309 g/mol. The summed E-state index contributed by atoms with van der Waals surface area (Å²) in [5, 5.41) is 3.24. The summed E-state index contributed by atoms with van der Waals surface area (Å²) in [6.07, 6.45) is 1.21. The minimum absolute atomic E-state index is 0.139. The second-order valence-electron chi connectivity index (χ2n) is 4.19. The lowest BCUT2D eigenvalue weighted by atomic mass is 10.1. The summed E-state index contributed by atoms with van der Waals surface area (Å²) in [5.41, 5.74) is 0.802. The van der Waals surface area contributed by atoms with Gasteiger partial charge in [-0.3, -0.25) is 0 Å². The van der Waals surface area contributed by atoms with E-state index in [9.17, 15) is 12.8 Å². The first-order valence-electron chi connectivity index (χ1n) is 5.38. The molecule has 6 heteroatoms. The number of hydrogen-bond donors (Lipinski definition) is 1. The molecule has 1 heterocycles. The van der Waals surface area contributed by atoms with Gasteiger partial charge in [0.2, 0.25) is 0 Å². The van der Waals surface area contributed by atoms with E-state index in [2.05, 4.69) is 21.2 Å². The number of rotatable bonds is 2. The van der Waals surface area contributed by atoms with Gasteiger partial charge in [-0.2, -0.15) is 0 Å². The number of hydrogen-bond acceptors (Lipinski definition) is 3. The minimum Gasteiger partial charge on any atom is -0.381 e. The van der Waals surface area contributed by atoms with Crippen molar-refractivity contribution in [1.82, 2.24) is 0 Å². The summed E-state index contributed by atoms with van der Waals surface area (Å²) in [4.78, 5) is 0. The molecule has 3 nitrogen and oxygen atoms in total. The summed E-state index contributed by atoms with van der Waals surface area (Å²) < 4.78 is 36.1. The van der Waals surface area contributed by atoms with E-state index < -0.39 is 9.84 Å². The Labute approximate surface area is 108 Å². The van der Waals surface area contributed by atoms with Crippen LogP contribution in [-0.2, 0) is 9.84 Å². The molecule has 1 N–H and O–H groups in total. The largest absolute Gasteiger partial charge is 0.381 e. The van der Waals surface area contributed by atoms with Gasteiger partial charge in [0.15, 0.2) is 0 Å². The highest BCUT2D eigenvalue weighted by Crippen LogP contribution is 2.26. The lowest BCUT2D eigenvalue weighted by Crippen LogP contribution is -2.32. The Hall–Kier alpha value is -0.620. The molecule has 1 fully saturated rings. The van der Waals surface area contributed by atoms with Crippen LogP contribution < -0.4 is 5.32 Å². The lowest BCUT2D eigenvalue weighted by Gasteiger charge is -2.24. The van der Waals surface area contributed by atoms with Crippen LogP contribution in [0.15, 0.2) is 22.7 Å². The monoisotopic (exact) mass is 321 g/mol. The first-order valence-corrected chi connectivity index (χ1v) is 8.00. The number of sulfone groups is 1. The normalized spacial score (nSPS) is 20.1. The third-order valence-corrected chi connectivity index (χ3v) is 5.22. The van der Waals surface area contributed by atoms with Gasteiger partial charge in [0.25, 0.3) is 0 Å². The molecule has 0 amide bonds. The Morgan fingerprint density at radius 2 is 1.94 bits per heavy atom. The minimum atomic E-state index is -2.84. The molecule has 94 valence electrons. The van der Waals surface area contributed by atoms with E-state index in [1.165, 1.54) is 12.1 Å². The molecule has 1 aromatic rings. The first kappa shape index (κ1) is 12.8. The molecule has 0 saturated carbocycles. The Bertz CT molecular complexity index is 504. The lowest BCUT2D eigenvalue weighted by molar-refractivity contribution is 0.559. The SMILES string of the molecule is O=S1(=O)CCC(Nc2ccc(F)cc2Br)CC1. The van der Waals surface area contributed by atoms with Crippen LogP contribution >= 0.6 is 15.9 Å². The molecule has 0 radical (unpaired) electrons. The van der Waals surface area contributed by atoms with Crippen LogP contribution in [-0.4, -0.2) is 26.0 Å². The van der Waals surface area contributed by atoms with Crippen molar-refractivity contribution in [2.45, 2.75) is 18.9 Å². The second-order valence-corrected chi connectivity index (χ2v) is 7.35. The van der Waals surface area contributed by atoms with Crippen LogP contribution in [0, 0.1) is 5.82 Å². The molecule has 0 aromatic heterocycles. The van der Waals surface area contributed by atoms with E-state index in [0.29, 0.717) is 17.3 Å². The summed E-state index contributed by atoms with van der Waals surface area (Å²) in [6.45, 7) is 0. The molecule has 0 unspecified atom stereocenters. The molecule has 1 aromatic carbocycles. The molecule has 1 aliphatic heterocycles. The zero-order valence-corrected chi connectivity index (χ0v) is 11.5. The maximum Gasteiger partial charge on any atom is 0.150 e. The molecule has 0 bridgehead atoms. The molecule has 17 heavy (non-hydrogen) atoms. The predicted molar refractivity (Wildman–Crippen MR) is 69.4 cm³/mol. The fourth-order valence-corrected chi connectivity index (χ4v) is 3.82. The van der Waals surface area contributed by atoms with Gasteiger partial charge in [-0.15, -0.1) is 0 Å². The Morgan fingerprint density at radius 3 is 2.53 bits per heavy atom. The summed E-state index contributed by atoms with van der Waals surface area (Å²) in [5.74, 6) is 0.154. The highest BCUT2D eigenvalue weighted by atomic mass is 79.9. The van der Waals surface area contributed by atoms with Crippen molar-refractivity contribution in [2.75, 3.05) is 16.8 Å². The summed E-state index contributed by atoms with van der Waals surface area (Å²) in [6, 6.07) is 4.57. The zero-order valence-electron chi connectivity index (χ0n) is 9.12. The average molecular weight is 322 g/mol. The molecule has 0 aliphatic carbocycles. The van der Waals surface area contributed by atoms with Gasteiger partial charge >= 0.3 is 0 Å². The fraction of sp³-hybridized carbons (Fsp3) is 0.455. The molecule has 1 aliphatic rings. The Kier molecular flexibility index (Phi) is 3.73. The van der Waals surface area contributed by atoms with Gasteiger partial charge in [-0.1, -0.05) is 0 Å². The van der Waals surface area contributed by atoms with E-state index in [-0.39, 0.29) is 23.4 Å². The maximum absolute atomic E-state index is 12.9. The first-order chi connectivity index (χ1) is 7.96. The second kappa shape index (κ2) is 4.94. The Morgan fingerprint density at radius 1 is 1.29 bits per heavy atom. The van der Waals surface area contributed by atoms with Crippen LogP contribution in [0.3, 0.4) is 0 Å². The van der Waals surface area contributed by atoms with E-state index in [1.54, 1.807) is 6.07 Å². The highest BCUT2D eigenvalue weighted by molar-refractivity contribution is 9.10. The van der Waals surface area contributed by atoms with Crippen molar-refractivity contribution in [3.8, 4) is 0 Å². The van der Waals surface area contributed by atoms with Gasteiger partial charge in [-0.25, -0.2) is 12.8 Å². The average Bonchev–Trinajstić information content (AvgIpc) is 2.25. The van der Waals surface area contributed by atoms with Crippen molar-refractivity contribution in [1.29, 1.82) is 0 Å².